The largest absolute Gasteiger partial charge is 0.468 e. The lowest BCUT2D eigenvalue weighted by molar-refractivity contribution is -0.146. The Bertz CT molecular complexity index is 453. The van der Waals surface area contributed by atoms with Gasteiger partial charge in [-0.3, -0.25) is 19.3 Å². The third-order valence-electron chi connectivity index (χ3n) is 2.57. The molecule has 1 amide bonds. The molecule has 0 aliphatic rings. The second-order valence-corrected chi connectivity index (χ2v) is 4.15. The van der Waals surface area contributed by atoms with Crippen LogP contribution in [-0.2, 0) is 30.4 Å². The van der Waals surface area contributed by atoms with Gasteiger partial charge in [-0.1, -0.05) is 0 Å². The molecule has 0 bridgehead atoms. The minimum absolute atomic E-state index is 0.134. The van der Waals surface area contributed by atoms with E-state index in [4.69, 9.17) is 4.42 Å². The number of rotatable bonds is 8. The summed E-state index contributed by atoms with van der Waals surface area (Å²) < 4.78 is 14.1. The number of esters is 2. The van der Waals surface area contributed by atoms with Gasteiger partial charge in [-0.2, -0.15) is 0 Å². The van der Waals surface area contributed by atoms with Gasteiger partial charge in [0.05, 0.1) is 46.7 Å². The lowest BCUT2D eigenvalue weighted by Crippen LogP contribution is -2.42. The van der Waals surface area contributed by atoms with E-state index in [0.717, 1.165) is 0 Å². The molecule has 1 aromatic rings. The summed E-state index contributed by atoms with van der Waals surface area (Å²) in [5.74, 6) is -0.828. The van der Waals surface area contributed by atoms with E-state index in [1.807, 2.05) is 0 Å². The van der Waals surface area contributed by atoms with Crippen LogP contribution >= 0.6 is 0 Å². The second-order valence-electron chi connectivity index (χ2n) is 4.15. The molecule has 0 saturated heterocycles. The van der Waals surface area contributed by atoms with E-state index < -0.39 is 11.9 Å². The molecule has 1 N–H and O–H groups in total. The summed E-state index contributed by atoms with van der Waals surface area (Å²) >= 11 is 0. The van der Waals surface area contributed by atoms with E-state index in [-0.39, 0.29) is 32.1 Å². The molecular formula is C13H18N2O6. The molecule has 21 heavy (non-hydrogen) atoms. The Morgan fingerprint density at radius 2 is 1.76 bits per heavy atom. The fourth-order valence-corrected chi connectivity index (χ4v) is 1.52. The highest BCUT2D eigenvalue weighted by Crippen LogP contribution is 1.99. The SMILES string of the molecule is COC(=O)CN(CC(=O)NCc1ccco1)CC(=O)OC. The molecule has 0 atom stereocenters. The molecule has 1 heterocycles. The number of amides is 1. The maximum Gasteiger partial charge on any atom is 0.319 e. The molecule has 0 radical (unpaired) electrons. The first-order valence-electron chi connectivity index (χ1n) is 6.20. The van der Waals surface area contributed by atoms with Gasteiger partial charge in [-0.05, 0) is 12.1 Å². The van der Waals surface area contributed by atoms with Crippen molar-refractivity contribution in [1.29, 1.82) is 0 Å². The van der Waals surface area contributed by atoms with E-state index in [0.29, 0.717) is 5.76 Å². The number of methoxy groups -OCH3 is 2. The molecule has 116 valence electrons. The molecule has 0 aliphatic carbocycles. The summed E-state index contributed by atoms with van der Waals surface area (Å²) in [5.41, 5.74) is 0. The zero-order valence-electron chi connectivity index (χ0n) is 12.0. The summed E-state index contributed by atoms with van der Waals surface area (Å²) in [5, 5.41) is 2.62. The number of ether oxygens (including phenoxy) is 2. The van der Waals surface area contributed by atoms with Gasteiger partial charge >= 0.3 is 11.9 Å². The maximum atomic E-state index is 11.8. The molecule has 1 rings (SSSR count). The van der Waals surface area contributed by atoms with Crippen LogP contribution < -0.4 is 5.32 Å². The summed E-state index contributed by atoms with van der Waals surface area (Å²) in [7, 11) is 2.46. The van der Waals surface area contributed by atoms with Crippen molar-refractivity contribution in [2.75, 3.05) is 33.9 Å². The Labute approximate surface area is 122 Å². The molecule has 0 aliphatic heterocycles. The molecule has 0 fully saturated rings. The van der Waals surface area contributed by atoms with E-state index in [2.05, 4.69) is 14.8 Å². The van der Waals surface area contributed by atoms with Gasteiger partial charge in [-0.25, -0.2) is 0 Å². The fraction of sp³-hybridized carbons (Fsp3) is 0.462. The van der Waals surface area contributed by atoms with E-state index in [9.17, 15) is 14.4 Å². The van der Waals surface area contributed by atoms with Crippen molar-refractivity contribution >= 4 is 17.8 Å². The van der Waals surface area contributed by atoms with Crippen LogP contribution in [0.25, 0.3) is 0 Å². The number of furan rings is 1. The van der Waals surface area contributed by atoms with Gasteiger partial charge in [0.25, 0.3) is 0 Å². The predicted octanol–water partition coefficient (Wildman–Crippen LogP) is -0.456. The average molecular weight is 298 g/mol. The lowest BCUT2D eigenvalue weighted by atomic mass is 10.4. The van der Waals surface area contributed by atoms with Gasteiger partial charge < -0.3 is 19.2 Å². The number of hydrogen-bond acceptors (Lipinski definition) is 7. The van der Waals surface area contributed by atoms with Crippen LogP contribution in [0.3, 0.4) is 0 Å². The van der Waals surface area contributed by atoms with Crippen LogP contribution in [0.2, 0.25) is 0 Å². The predicted molar refractivity (Wildman–Crippen MR) is 71.0 cm³/mol. The van der Waals surface area contributed by atoms with Gasteiger partial charge in [-0.15, -0.1) is 0 Å². The fourth-order valence-electron chi connectivity index (χ4n) is 1.52. The van der Waals surface area contributed by atoms with Crippen LogP contribution in [-0.4, -0.2) is 56.6 Å². The Hall–Kier alpha value is -2.35. The summed E-state index contributed by atoms with van der Waals surface area (Å²) in [6.45, 7) is -0.263. The van der Waals surface area contributed by atoms with Gasteiger partial charge in [0.1, 0.15) is 5.76 Å². The number of nitrogens with one attached hydrogen (secondary N) is 1. The Morgan fingerprint density at radius 1 is 1.14 bits per heavy atom. The normalized spacial score (nSPS) is 10.2. The third kappa shape index (κ3) is 6.57. The first-order valence-corrected chi connectivity index (χ1v) is 6.20. The van der Waals surface area contributed by atoms with E-state index in [1.165, 1.54) is 25.4 Å². The molecule has 0 saturated carbocycles. The molecule has 0 aromatic carbocycles. The molecule has 0 spiro atoms. The zero-order chi connectivity index (χ0) is 15.7. The number of carbonyl (C=O) groups is 3. The molecule has 0 unspecified atom stereocenters. The second kappa shape index (κ2) is 8.75. The summed E-state index contributed by atoms with van der Waals surface area (Å²) in [6, 6.07) is 3.43. The highest BCUT2D eigenvalue weighted by Gasteiger charge is 2.18. The highest BCUT2D eigenvalue weighted by atomic mass is 16.5. The van der Waals surface area contributed by atoms with Crippen molar-refractivity contribution in [2.24, 2.45) is 0 Å². The Balaban J connectivity index is 2.47. The molecule has 1 aromatic heterocycles. The van der Waals surface area contributed by atoms with Crippen LogP contribution in [0, 0.1) is 0 Å². The standard InChI is InChI=1S/C13H18N2O6/c1-19-12(17)8-15(9-13(18)20-2)7-11(16)14-6-10-4-3-5-21-10/h3-5H,6-9H2,1-2H3,(H,14,16). The summed E-state index contributed by atoms with van der Waals surface area (Å²) in [4.78, 5) is 35.6. The minimum Gasteiger partial charge on any atom is -0.468 e. The van der Waals surface area contributed by atoms with E-state index in [1.54, 1.807) is 12.1 Å². The Kier molecular flexibility index (Phi) is 6.96. The smallest absolute Gasteiger partial charge is 0.319 e. The van der Waals surface area contributed by atoms with Crippen molar-refractivity contribution in [3.8, 4) is 0 Å². The minimum atomic E-state index is -0.544. The number of hydrogen-bond donors (Lipinski definition) is 1. The van der Waals surface area contributed by atoms with E-state index >= 15 is 0 Å². The van der Waals surface area contributed by atoms with Gasteiger partial charge in [0, 0.05) is 0 Å². The molecule has 8 nitrogen and oxygen atoms in total. The first kappa shape index (κ1) is 16.7. The Morgan fingerprint density at radius 3 is 2.24 bits per heavy atom. The topological polar surface area (TPSA) is 98.1 Å². The lowest BCUT2D eigenvalue weighted by Gasteiger charge is -2.18. The maximum absolute atomic E-state index is 11.8. The first-order chi connectivity index (χ1) is 10.0. The monoisotopic (exact) mass is 298 g/mol. The zero-order valence-corrected chi connectivity index (χ0v) is 12.0. The van der Waals surface area contributed by atoms with Crippen molar-refractivity contribution in [3.05, 3.63) is 24.2 Å². The number of nitrogens with zero attached hydrogens (tertiary/aromatic N) is 1. The van der Waals surface area contributed by atoms with Crippen molar-refractivity contribution in [2.45, 2.75) is 6.54 Å². The number of carbonyl (C=O) groups excluding carboxylic acids is 3. The van der Waals surface area contributed by atoms with Crippen molar-refractivity contribution in [1.82, 2.24) is 10.2 Å². The molecular weight excluding hydrogens is 280 g/mol. The van der Waals surface area contributed by atoms with Crippen LogP contribution in [0.1, 0.15) is 5.76 Å². The molecule has 8 heteroatoms. The van der Waals surface area contributed by atoms with Gasteiger partial charge in [0.15, 0.2) is 0 Å². The average Bonchev–Trinajstić information content (AvgIpc) is 2.97. The highest BCUT2D eigenvalue weighted by molar-refractivity contribution is 5.80. The van der Waals surface area contributed by atoms with Gasteiger partial charge in [0.2, 0.25) is 5.91 Å². The third-order valence-corrected chi connectivity index (χ3v) is 2.57. The van der Waals surface area contributed by atoms with Crippen molar-refractivity contribution < 1.29 is 28.3 Å². The van der Waals surface area contributed by atoms with Crippen LogP contribution in [0.5, 0.6) is 0 Å². The summed E-state index contributed by atoms with van der Waals surface area (Å²) in [6.07, 6.45) is 1.50. The van der Waals surface area contributed by atoms with Crippen LogP contribution in [0.15, 0.2) is 22.8 Å². The van der Waals surface area contributed by atoms with Crippen LogP contribution in [0.4, 0.5) is 0 Å². The van der Waals surface area contributed by atoms with Crippen molar-refractivity contribution in [3.63, 3.8) is 0 Å². The quantitative estimate of drug-likeness (QED) is 0.649.